The molecule has 0 bridgehead atoms. The van der Waals surface area contributed by atoms with Gasteiger partial charge in [0.25, 0.3) is 0 Å². The highest BCUT2D eigenvalue weighted by Crippen LogP contribution is 2.57. The van der Waals surface area contributed by atoms with E-state index in [1.165, 1.54) is 51.4 Å². The molecule has 0 aromatic heterocycles. The summed E-state index contributed by atoms with van der Waals surface area (Å²) < 4.78 is 0. The van der Waals surface area contributed by atoms with Crippen molar-refractivity contribution in [3.8, 4) is 0 Å². The Labute approximate surface area is 101 Å². The molecule has 0 aromatic carbocycles. The number of hydrogen-bond donors (Lipinski definition) is 0. The van der Waals surface area contributed by atoms with Gasteiger partial charge in [0.1, 0.15) is 0 Å². The molecule has 2 saturated carbocycles. The van der Waals surface area contributed by atoms with Crippen LogP contribution in [0.25, 0.3) is 0 Å². The van der Waals surface area contributed by atoms with E-state index in [-0.39, 0.29) is 0 Å². The lowest BCUT2D eigenvalue weighted by Crippen LogP contribution is -2.42. The van der Waals surface area contributed by atoms with Gasteiger partial charge >= 0.3 is 0 Å². The SMILES string of the molecule is C[C@@H]1CCC2C(CC=C3CCCC[C@@]32C)C1. The molecule has 3 aliphatic carbocycles. The summed E-state index contributed by atoms with van der Waals surface area (Å²) in [6, 6.07) is 0. The Hall–Kier alpha value is -0.260. The molecule has 0 saturated heterocycles. The normalized spacial score (nSPS) is 47.9. The summed E-state index contributed by atoms with van der Waals surface area (Å²) in [6.07, 6.45) is 14.4. The van der Waals surface area contributed by atoms with Crippen LogP contribution in [-0.4, -0.2) is 0 Å². The fraction of sp³-hybridized carbons (Fsp3) is 0.875. The molecule has 90 valence electrons. The quantitative estimate of drug-likeness (QED) is 0.505. The van der Waals surface area contributed by atoms with Crippen LogP contribution in [0.15, 0.2) is 11.6 Å². The fourth-order valence-electron chi connectivity index (χ4n) is 4.90. The Balaban J connectivity index is 1.89. The molecule has 0 aromatic rings. The zero-order chi connectivity index (χ0) is 11.2. The Kier molecular flexibility index (Phi) is 2.64. The summed E-state index contributed by atoms with van der Waals surface area (Å²) in [4.78, 5) is 0. The van der Waals surface area contributed by atoms with Crippen LogP contribution >= 0.6 is 0 Å². The van der Waals surface area contributed by atoms with Gasteiger partial charge in [-0.1, -0.05) is 38.3 Å². The number of rotatable bonds is 0. The van der Waals surface area contributed by atoms with E-state index >= 15 is 0 Å². The molecule has 0 spiro atoms. The lowest BCUT2D eigenvalue weighted by molar-refractivity contribution is 0.0535. The van der Waals surface area contributed by atoms with E-state index in [1.54, 1.807) is 0 Å². The summed E-state index contributed by atoms with van der Waals surface area (Å²) in [6.45, 7) is 5.05. The third-order valence-corrected chi connectivity index (χ3v) is 5.86. The summed E-state index contributed by atoms with van der Waals surface area (Å²) in [5.74, 6) is 3.04. The molecule has 0 aliphatic heterocycles. The molecule has 16 heavy (non-hydrogen) atoms. The summed E-state index contributed by atoms with van der Waals surface area (Å²) in [5.41, 5.74) is 2.45. The highest BCUT2D eigenvalue weighted by Gasteiger charge is 2.46. The first-order valence-corrected chi connectivity index (χ1v) is 7.39. The van der Waals surface area contributed by atoms with Gasteiger partial charge in [-0.25, -0.2) is 0 Å². The molecule has 0 amide bonds. The van der Waals surface area contributed by atoms with Gasteiger partial charge in [0.05, 0.1) is 0 Å². The van der Waals surface area contributed by atoms with Crippen LogP contribution in [0.3, 0.4) is 0 Å². The van der Waals surface area contributed by atoms with E-state index in [4.69, 9.17) is 0 Å². The zero-order valence-electron chi connectivity index (χ0n) is 11.0. The number of fused-ring (bicyclic) bond motifs is 3. The smallest absolute Gasteiger partial charge is 0.00854 e. The van der Waals surface area contributed by atoms with Crippen molar-refractivity contribution in [3.05, 3.63) is 11.6 Å². The molecule has 0 heteroatoms. The van der Waals surface area contributed by atoms with Gasteiger partial charge < -0.3 is 0 Å². The Morgan fingerprint density at radius 3 is 3.00 bits per heavy atom. The molecule has 0 heterocycles. The third-order valence-electron chi connectivity index (χ3n) is 5.86. The van der Waals surface area contributed by atoms with Crippen molar-refractivity contribution >= 4 is 0 Å². The van der Waals surface area contributed by atoms with E-state index in [2.05, 4.69) is 19.9 Å². The maximum atomic E-state index is 2.64. The second-order valence-electron chi connectivity index (χ2n) is 6.87. The van der Waals surface area contributed by atoms with Crippen LogP contribution in [-0.2, 0) is 0 Å². The van der Waals surface area contributed by atoms with Gasteiger partial charge in [0.2, 0.25) is 0 Å². The van der Waals surface area contributed by atoms with Crippen molar-refractivity contribution in [2.45, 2.75) is 65.2 Å². The van der Waals surface area contributed by atoms with Crippen molar-refractivity contribution in [1.29, 1.82) is 0 Å². The summed E-state index contributed by atoms with van der Waals surface area (Å²) >= 11 is 0. The van der Waals surface area contributed by atoms with E-state index in [0.717, 1.165) is 17.8 Å². The van der Waals surface area contributed by atoms with E-state index in [9.17, 15) is 0 Å². The standard InChI is InChI=1S/C16H26/c1-12-6-9-15-13(11-12)7-8-14-5-3-4-10-16(14,15)2/h8,12-13,15H,3-7,9-11H2,1-2H3/t12-,13?,15?,16+/m1/s1. The Morgan fingerprint density at radius 1 is 1.25 bits per heavy atom. The highest BCUT2D eigenvalue weighted by atomic mass is 14.5. The average molecular weight is 218 g/mol. The monoisotopic (exact) mass is 218 g/mol. The van der Waals surface area contributed by atoms with Crippen molar-refractivity contribution in [3.63, 3.8) is 0 Å². The molecule has 3 aliphatic rings. The zero-order valence-corrected chi connectivity index (χ0v) is 11.0. The van der Waals surface area contributed by atoms with E-state index in [0.29, 0.717) is 5.41 Å². The lowest BCUT2D eigenvalue weighted by atomic mass is 9.53. The fourth-order valence-corrected chi connectivity index (χ4v) is 4.90. The van der Waals surface area contributed by atoms with E-state index in [1.807, 2.05) is 5.57 Å². The van der Waals surface area contributed by atoms with Crippen molar-refractivity contribution in [2.24, 2.45) is 23.2 Å². The minimum absolute atomic E-state index is 0.612. The van der Waals surface area contributed by atoms with Gasteiger partial charge in [0.15, 0.2) is 0 Å². The van der Waals surface area contributed by atoms with Crippen LogP contribution in [0.2, 0.25) is 0 Å². The number of hydrogen-bond acceptors (Lipinski definition) is 0. The topological polar surface area (TPSA) is 0 Å². The van der Waals surface area contributed by atoms with Crippen LogP contribution < -0.4 is 0 Å². The molecule has 0 nitrogen and oxygen atoms in total. The first kappa shape index (κ1) is 10.9. The van der Waals surface area contributed by atoms with Crippen LogP contribution in [0, 0.1) is 23.2 Å². The minimum Gasteiger partial charge on any atom is -0.0845 e. The Morgan fingerprint density at radius 2 is 2.12 bits per heavy atom. The predicted molar refractivity (Wildman–Crippen MR) is 69.3 cm³/mol. The summed E-state index contributed by atoms with van der Waals surface area (Å²) in [5, 5.41) is 0. The van der Waals surface area contributed by atoms with E-state index < -0.39 is 0 Å². The van der Waals surface area contributed by atoms with Gasteiger partial charge in [-0.05, 0) is 61.7 Å². The molecule has 0 radical (unpaired) electrons. The van der Waals surface area contributed by atoms with Gasteiger partial charge in [-0.3, -0.25) is 0 Å². The first-order chi connectivity index (χ1) is 7.70. The lowest BCUT2D eigenvalue weighted by Gasteiger charge is -2.52. The maximum absolute atomic E-state index is 2.64. The molecule has 2 unspecified atom stereocenters. The van der Waals surface area contributed by atoms with Crippen LogP contribution in [0.4, 0.5) is 0 Å². The second-order valence-corrected chi connectivity index (χ2v) is 6.87. The first-order valence-electron chi connectivity index (χ1n) is 7.39. The largest absolute Gasteiger partial charge is 0.0845 e. The van der Waals surface area contributed by atoms with Gasteiger partial charge in [-0.15, -0.1) is 0 Å². The third kappa shape index (κ3) is 1.57. The predicted octanol–water partition coefficient (Wildman–Crippen LogP) is 4.95. The van der Waals surface area contributed by atoms with Gasteiger partial charge in [0, 0.05) is 0 Å². The molecular formula is C16H26. The molecule has 3 rings (SSSR count). The van der Waals surface area contributed by atoms with Crippen molar-refractivity contribution < 1.29 is 0 Å². The summed E-state index contributed by atoms with van der Waals surface area (Å²) in [7, 11) is 0. The van der Waals surface area contributed by atoms with Crippen LogP contribution in [0.5, 0.6) is 0 Å². The molecule has 2 fully saturated rings. The number of allylic oxidation sites excluding steroid dienone is 2. The van der Waals surface area contributed by atoms with Crippen molar-refractivity contribution in [2.75, 3.05) is 0 Å². The minimum atomic E-state index is 0.612. The average Bonchev–Trinajstić information content (AvgIpc) is 2.28. The van der Waals surface area contributed by atoms with Crippen LogP contribution in [0.1, 0.15) is 65.2 Å². The highest BCUT2D eigenvalue weighted by molar-refractivity contribution is 5.22. The second kappa shape index (κ2) is 3.89. The molecular weight excluding hydrogens is 192 g/mol. The molecule has 0 N–H and O–H groups in total. The Bertz CT molecular complexity index is 301. The maximum Gasteiger partial charge on any atom is -0.00854 e. The van der Waals surface area contributed by atoms with Gasteiger partial charge in [-0.2, -0.15) is 0 Å². The molecule has 4 atom stereocenters. The van der Waals surface area contributed by atoms with Crippen molar-refractivity contribution in [1.82, 2.24) is 0 Å².